The van der Waals surface area contributed by atoms with Gasteiger partial charge in [-0.1, -0.05) is 23.8 Å². The highest BCUT2D eigenvalue weighted by Gasteiger charge is 2.09. The smallest absolute Gasteiger partial charge is 0.338 e. The fourth-order valence-corrected chi connectivity index (χ4v) is 1.79. The third-order valence-corrected chi connectivity index (χ3v) is 3.44. The van der Waals surface area contributed by atoms with Crippen molar-refractivity contribution in [3.05, 3.63) is 47.0 Å². The van der Waals surface area contributed by atoms with Crippen LogP contribution in [0.3, 0.4) is 0 Å². The van der Waals surface area contributed by atoms with Gasteiger partial charge in [0.1, 0.15) is 6.79 Å². The number of rotatable bonds is 8. The summed E-state index contributed by atoms with van der Waals surface area (Å²) in [6.07, 6.45) is 0.695. The monoisotopic (exact) mass is 292 g/mol. The van der Waals surface area contributed by atoms with E-state index in [4.69, 9.17) is 14.2 Å². The zero-order chi connectivity index (χ0) is 15.7. The standard InChI is InChI=1S/C17H24O4/c1-13(14(2)15(3)21-12-19-4)10-11-20-17(18)16-8-6-5-7-9-16/h5-9,15H,10-12H2,1-4H3/b14-13-. The SMILES string of the molecule is COCOC(C)/C(C)=C(/C)CCOC(=O)c1ccccc1. The minimum absolute atomic E-state index is 0.00484. The Kier molecular flexibility index (Phi) is 7.72. The van der Waals surface area contributed by atoms with Crippen LogP contribution in [0.4, 0.5) is 0 Å². The third-order valence-electron chi connectivity index (χ3n) is 3.44. The molecule has 0 saturated carbocycles. The molecule has 0 aromatic heterocycles. The summed E-state index contributed by atoms with van der Waals surface area (Å²) in [5.41, 5.74) is 2.88. The summed E-state index contributed by atoms with van der Waals surface area (Å²) in [5.74, 6) is -0.287. The Labute approximate surface area is 126 Å². The van der Waals surface area contributed by atoms with Crippen molar-refractivity contribution in [2.75, 3.05) is 20.5 Å². The maximum absolute atomic E-state index is 11.8. The Balaban J connectivity index is 2.42. The van der Waals surface area contributed by atoms with Crippen LogP contribution in [0.25, 0.3) is 0 Å². The second-order valence-electron chi connectivity index (χ2n) is 4.93. The summed E-state index contributed by atoms with van der Waals surface area (Å²) in [7, 11) is 1.60. The van der Waals surface area contributed by atoms with Crippen molar-refractivity contribution in [1.82, 2.24) is 0 Å². The first kappa shape index (κ1) is 17.4. The van der Waals surface area contributed by atoms with E-state index < -0.39 is 0 Å². The molecule has 1 rings (SSSR count). The van der Waals surface area contributed by atoms with Gasteiger partial charge in [0, 0.05) is 13.5 Å². The van der Waals surface area contributed by atoms with Crippen LogP contribution >= 0.6 is 0 Å². The summed E-state index contributed by atoms with van der Waals surface area (Å²) >= 11 is 0. The van der Waals surface area contributed by atoms with Gasteiger partial charge in [-0.3, -0.25) is 0 Å². The second-order valence-corrected chi connectivity index (χ2v) is 4.93. The number of carbonyl (C=O) groups excluding carboxylic acids is 1. The quantitative estimate of drug-likeness (QED) is 0.417. The molecule has 0 N–H and O–H groups in total. The van der Waals surface area contributed by atoms with Crippen molar-refractivity contribution >= 4 is 5.97 Å². The number of esters is 1. The molecule has 0 aliphatic heterocycles. The number of hydrogen-bond acceptors (Lipinski definition) is 4. The fraction of sp³-hybridized carbons (Fsp3) is 0.471. The van der Waals surface area contributed by atoms with Gasteiger partial charge in [-0.25, -0.2) is 4.79 Å². The first-order valence-corrected chi connectivity index (χ1v) is 7.05. The van der Waals surface area contributed by atoms with E-state index in [9.17, 15) is 4.79 Å². The molecule has 0 heterocycles. The molecule has 0 aliphatic rings. The Morgan fingerprint density at radius 1 is 1.19 bits per heavy atom. The van der Waals surface area contributed by atoms with E-state index in [0.29, 0.717) is 18.6 Å². The van der Waals surface area contributed by atoms with E-state index in [2.05, 4.69) is 0 Å². The number of carbonyl (C=O) groups is 1. The topological polar surface area (TPSA) is 44.8 Å². The highest BCUT2D eigenvalue weighted by atomic mass is 16.7. The normalized spacial score (nSPS) is 13.5. The molecule has 0 fully saturated rings. The average Bonchev–Trinajstić information content (AvgIpc) is 2.52. The second kappa shape index (κ2) is 9.32. The van der Waals surface area contributed by atoms with Gasteiger partial charge in [0.25, 0.3) is 0 Å². The van der Waals surface area contributed by atoms with Crippen molar-refractivity contribution in [3.8, 4) is 0 Å². The van der Waals surface area contributed by atoms with Crippen molar-refractivity contribution in [2.45, 2.75) is 33.3 Å². The van der Waals surface area contributed by atoms with Crippen LogP contribution < -0.4 is 0 Å². The Morgan fingerprint density at radius 2 is 1.86 bits per heavy atom. The molecule has 0 spiro atoms. The highest BCUT2D eigenvalue weighted by molar-refractivity contribution is 5.89. The van der Waals surface area contributed by atoms with E-state index >= 15 is 0 Å². The molecule has 0 aliphatic carbocycles. The van der Waals surface area contributed by atoms with Crippen LogP contribution in [0.2, 0.25) is 0 Å². The predicted octanol–water partition coefficient (Wildman–Crippen LogP) is 3.58. The molecule has 116 valence electrons. The lowest BCUT2D eigenvalue weighted by molar-refractivity contribution is -0.0533. The molecule has 4 heteroatoms. The van der Waals surface area contributed by atoms with Gasteiger partial charge in [0.2, 0.25) is 0 Å². The summed E-state index contributed by atoms with van der Waals surface area (Å²) in [6.45, 7) is 6.67. The summed E-state index contributed by atoms with van der Waals surface area (Å²) in [6, 6.07) is 9.00. The van der Waals surface area contributed by atoms with Gasteiger partial charge < -0.3 is 14.2 Å². The maximum Gasteiger partial charge on any atom is 0.338 e. The number of methoxy groups -OCH3 is 1. The number of benzene rings is 1. The third kappa shape index (κ3) is 6.10. The van der Waals surface area contributed by atoms with Gasteiger partial charge in [-0.2, -0.15) is 0 Å². The Bertz CT molecular complexity index is 465. The molecule has 0 radical (unpaired) electrons. The molecule has 1 atom stereocenters. The molecule has 0 saturated heterocycles. The summed E-state index contributed by atoms with van der Waals surface area (Å²) in [5, 5.41) is 0. The molecule has 21 heavy (non-hydrogen) atoms. The van der Waals surface area contributed by atoms with E-state index in [-0.39, 0.29) is 18.9 Å². The molecule has 1 unspecified atom stereocenters. The van der Waals surface area contributed by atoms with Crippen molar-refractivity contribution in [1.29, 1.82) is 0 Å². The van der Waals surface area contributed by atoms with Gasteiger partial charge in [-0.15, -0.1) is 0 Å². The van der Waals surface area contributed by atoms with Gasteiger partial charge >= 0.3 is 5.97 Å². The molecular formula is C17H24O4. The zero-order valence-corrected chi connectivity index (χ0v) is 13.2. The number of hydrogen-bond donors (Lipinski definition) is 0. The molecule has 0 amide bonds. The van der Waals surface area contributed by atoms with Crippen LogP contribution in [0, 0.1) is 0 Å². The van der Waals surface area contributed by atoms with E-state index in [0.717, 1.165) is 5.57 Å². The van der Waals surface area contributed by atoms with Crippen molar-refractivity contribution in [2.24, 2.45) is 0 Å². The van der Waals surface area contributed by atoms with Crippen molar-refractivity contribution < 1.29 is 19.0 Å². The minimum Gasteiger partial charge on any atom is -0.462 e. The highest BCUT2D eigenvalue weighted by Crippen LogP contribution is 2.15. The minimum atomic E-state index is -0.287. The van der Waals surface area contributed by atoms with E-state index in [1.165, 1.54) is 5.57 Å². The summed E-state index contributed by atoms with van der Waals surface area (Å²) < 4.78 is 15.6. The van der Waals surface area contributed by atoms with E-state index in [1.54, 1.807) is 19.2 Å². The Hall–Kier alpha value is -1.65. The lowest BCUT2D eigenvalue weighted by atomic mass is 10.0. The van der Waals surface area contributed by atoms with Crippen molar-refractivity contribution in [3.63, 3.8) is 0 Å². The van der Waals surface area contributed by atoms with Gasteiger partial charge in [0.15, 0.2) is 0 Å². The predicted molar refractivity (Wildman–Crippen MR) is 82.1 cm³/mol. The van der Waals surface area contributed by atoms with Crippen LogP contribution in [-0.4, -0.2) is 32.6 Å². The Morgan fingerprint density at radius 3 is 2.48 bits per heavy atom. The maximum atomic E-state index is 11.8. The molecule has 1 aromatic carbocycles. The van der Waals surface area contributed by atoms with E-state index in [1.807, 2.05) is 39.0 Å². The molecule has 0 bridgehead atoms. The molecule has 4 nitrogen and oxygen atoms in total. The van der Waals surface area contributed by atoms with Crippen LogP contribution in [0.1, 0.15) is 37.6 Å². The lowest BCUT2D eigenvalue weighted by Crippen LogP contribution is -2.14. The first-order valence-electron chi connectivity index (χ1n) is 7.05. The van der Waals surface area contributed by atoms with Gasteiger partial charge in [-0.05, 0) is 38.5 Å². The van der Waals surface area contributed by atoms with Gasteiger partial charge in [0.05, 0.1) is 18.3 Å². The van der Waals surface area contributed by atoms with Crippen LogP contribution in [0.15, 0.2) is 41.5 Å². The molecular weight excluding hydrogens is 268 g/mol. The van der Waals surface area contributed by atoms with Crippen LogP contribution in [-0.2, 0) is 14.2 Å². The largest absolute Gasteiger partial charge is 0.462 e. The molecule has 1 aromatic rings. The van der Waals surface area contributed by atoms with Crippen LogP contribution in [0.5, 0.6) is 0 Å². The zero-order valence-electron chi connectivity index (χ0n) is 13.2. The average molecular weight is 292 g/mol. The fourth-order valence-electron chi connectivity index (χ4n) is 1.79. The number of ether oxygens (including phenoxy) is 3. The summed E-state index contributed by atoms with van der Waals surface area (Å²) in [4.78, 5) is 11.8. The lowest BCUT2D eigenvalue weighted by Gasteiger charge is -2.16. The first-order chi connectivity index (χ1) is 10.1.